The average molecular weight is 303 g/mol. The number of sulfonamides is 1. The molecule has 2 heterocycles. The van der Waals surface area contributed by atoms with Crippen LogP contribution in [-0.2, 0) is 10.0 Å². The molecule has 2 fully saturated rings. The largest absolute Gasteiger partial charge is 0.317 e. The van der Waals surface area contributed by atoms with Gasteiger partial charge in [-0.05, 0) is 65.2 Å². The van der Waals surface area contributed by atoms with Crippen molar-refractivity contribution < 1.29 is 8.42 Å². The third kappa shape index (κ3) is 4.41. The molecule has 0 saturated carbocycles. The number of hydrogen-bond acceptors (Lipinski definition) is 4. The Labute approximate surface area is 123 Å². The zero-order chi connectivity index (χ0) is 14.6. The fourth-order valence-corrected chi connectivity index (χ4v) is 5.25. The van der Waals surface area contributed by atoms with Crippen molar-refractivity contribution in [2.45, 2.75) is 38.6 Å². The molecule has 0 aromatic rings. The van der Waals surface area contributed by atoms with Gasteiger partial charge in [0.25, 0.3) is 0 Å². The second-order valence-corrected chi connectivity index (χ2v) is 8.41. The molecule has 1 unspecified atom stereocenters. The van der Waals surface area contributed by atoms with Crippen molar-refractivity contribution in [2.75, 3.05) is 45.5 Å². The first-order valence-electron chi connectivity index (χ1n) is 7.88. The molecule has 2 aliphatic heterocycles. The molecule has 0 bridgehead atoms. The molecule has 2 saturated heterocycles. The standard InChI is InChI=1S/C14H29N3O2S/c1-13-12-16(2)9-3-10-17(13)20(18,19)11-6-14-4-7-15-8-5-14/h13-15H,3-12H2,1-2H3. The number of rotatable bonds is 4. The van der Waals surface area contributed by atoms with E-state index in [2.05, 4.69) is 17.3 Å². The van der Waals surface area contributed by atoms with Crippen molar-refractivity contribution in [3.63, 3.8) is 0 Å². The maximum Gasteiger partial charge on any atom is 0.214 e. The Bertz CT molecular complexity index is 393. The lowest BCUT2D eigenvalue weighted by atomic mass is 9.96. The maximum atomic E-state index is 12.6. The van der Waals surface area contributed by atoms with Crippen molar-refractivity contribution in [1.29, 1.82) is 0 Å². The quantitative estimate of drug-likeness (QED) is 0.832. The molecule has 0 aliphatic carbocycles. The van der Waals surface area contributed by atoms with Gasteiger partial charge in [-0.1, -0.05) is 0 Å². The summed E-state index contributed by atoms with van der Waals surface area (Å²) in [5, 5.41) is 3.33. The molecule has 0 amide bonds. The molecule has 20 heavy (non-hydrogen) atoms. The van der Waals surface area contributed by atoms with Crippen molar-refractivity contribution in [3.8, 4) is 0 Å². The first-order valence-corrected chi connectivity index (χ1v) is 9.49. The van der Waals surface area contributed by atoms with Crippen LogP contribution in [0.25, 0.3) is 0 Å². The Morgan fingerprint density at radius 2 is 1.90 bits per heavy atom. The molecule has 2 rings (SSSR count). The van der Waals surface area contributed by atoms with Gasteiger partial charge in [0.15, 0.2) is 0 Å². The van der Waals surface area contributed by atoms with E-state index < -0.39 is 10.0 Å². The van der Waals surface area contributed by atoms with Crippen LogP contribution >= 0.6 is 0 Å². The van der Waals surface area contributed by atoms with Crippen molar-refractivity contribution >= 4 is 10.0 Å². The van der Waals surface area contributed by atoms with Gasteiger partial charge >= 0.3 is 0 Å². The van der Waals surface area contributed by atoms with E-state index in [0.717, 1.165) is 51.9 Å². The summed E-state index contributed by atoms with van der Waals surface area (Å²) >= 11 is 0. The molecule has 0 radical (unpaired) electrons. The van der Waals surface area contributed by atoms with Gasteiger partial charge in [-0.2, -0.15) is 4.31 Å². The topological polar surface area (TPSA) is 52.7 Å². The van der Waals surface area contributed by atoms with Crippen LogP contribution in [0, 0.1) is 5.92 Å². The monoisotopic (exact) mass is 303 g/mol. The molecule has 1 atom stereocenters. The number of hydrogen-bond donors (Lipinski definition) is 1. The lowest BCUT2D eigenvalue weighted by Crippen LogP contribution is -2.43. The van der Waals surface area contributed by atoms with E-state index in [1.165, 1.54) is 0 Å². The van der Waals surface area contributed by atoms with E-state index in [-0.39, 0.29) is 6.04 Å². The summed E-state index contributed by atoms with van der Waals surface area (Å²) in [6, 6.07) is 0.0977. The minimum absolute atomic E-state index is 0.0977. The average Bonchev–Trinajstić information content (AvgIpc) is 2.59. The number of likely N-dealkylation sites (N-methyl/N-ethyl adjacent to an activating group) is 1. The molecular weight excluding hydrogens is 274 g/mol. The van der Waals surface area contributed by atoms with Gasteiger partial charge in [0, 0.05) is 19.1 Å². The van der Waals surface area contributed by atoms with E-state index in [1.54, 1.807) is 4.31 Å². The predicted octanol–water partition coefficient (Wildman–Crippen LogP) is 0.732. The van der Waals surface area contributed by atoms with E-state index >= 15 is 0 Å². The van der Waals surface area contributed by atoms with Crippen LogP contribution in [-0.4, -0.2) is 69.2 Å². The summed E-state index contributed by atoms with van der Waals surface area (Å²) < 4.78 is 26.9. The molecule has 118 valence electrons. The fourth-order valence-electron chi connectivity index (χ4n) is 3.37. The summed E-state index contributed by atoms with van der Waals surface area (Å²) in [6.45, 7) is 6.62. The first-order chi connectivity index (χ1) is 9.49. The van der Waals surface area contributed by atoms with Gasteiger partial charge in [0.1, 0.15) is 0 Å². The Morgan fingerprint density at radius 3 is 2.60 bits per heavy atom. The molecule has 2 aliphatic rings. The van der Waals surface area contributed by atoms with Crippen LogP contribution in [0.1, 0.15) is 32.6 Å². The summed E-state index contributed by atoms with van der Waals surface area (Å²) in [5.41, 5.74) is 0. The van der Waals surface area contributed by atoms with E-state index in [1.807, 2.05) is 6.92 Å². The lowest BCUT2D eigenvalue weighted by Gasteiger charge is -2.28. The molecule has 1 N–H and O–H groups in total. The summed E-state index contributed by atoms with van der Waals surface area (Å²) in [7, 11) is -1.02. The number of piperidine rings is 1. The highest BCUT2D eigenvalue weighted by molar-refractivity contribution is 7.89. The second kappa shape index (κ2) is 7.20. The van der Waals surface area contributed by atoms with Crippen LogP contribution in [0.5, 0.6) is 0 Å². The lowest BCUT2D eigenvalue weighted by molar-refractivity contribution is 0.289. The molecular formula is C14H29N3O2S. The molecule has 6 heteroatoms. The highest BCUT2D eigenvalue weighted by Gasteiger charge is 2.30. The number of nitrogens with one attached hydrogen (secondary N) is 1. The summed E-state index contributed by atoms with van der Waals surface area (Å²) in [6.07, 6.45) is 4.00. The van der Waals surface area contributed by atoms with Crippen molar-refractivity contribution in [1.82, 2.24) is 14.5 Å². The highest BCUT2D eigenvalue weighted by atomic mass is 32.2. The predicted molar refractivity (Wildman–Crippen MR) is 82.3 cm³/mol. The normalized spacial score (nSPS) is 28.4. The van der Waals surface area contributed by atoms with E-state index in [4.69, 9.17) is 0 Å². The van der Waals surface area contributed by atoms with Crippen molar-refractivity contribution in [2.24, 2.45) is 5.92 Å². The van der Waals surface area contributed by atoms with Gasteiger partial charge in [-0.25, -0.2) is 8.42 Å². The molecule has 0 aromatic carbocycles. The van der Waals surface area contributed by atoms with Gasteiger partial charge in [-0.3, -0.25) is 0 Å². The van der Waals surface area contributed by atoms with Crippen LogP contribution in [0.4, 0.5) is 0 Å². The summed E-state index contributed by atoms with van der Waals surface area (Å²) in [5.74, 6) is 0.905. The Hall–Kier alpha value is -0.170. The fraction of sp³-hybridized carbons (Fsp3) is 1.00. The van der Waals surface area contributed by atoms with Gasteiger partial charge in [0.05, 0.1) is 5.75 Å². The van der Waals surface area contributed by atoms with Gasteiger partial charge in [-0.15, -0.1) is 0 Å². The zero-order valence-corrected chi connectivity index (χ0v) is 13.7. The summed E-state index contributed by atoms with van der Waals surface area (Å²) in [4.78, 5) is 2.23. The highest BCUT2D eigenvalue weighted by Crippen LogP contribution is 2.20. The third-order valence-electron chi connectivity index (χ3n) is 4.59. The van der Waals surface area contributed by atoms with E-state index in [9.17, 15) is 8.42 Å². The molecule has 0 spiro atoms. The molecule has 0 aromatic heterocycles. The third-order valence-corrected chi connectivity index (χ3v) is 6.59. The first kappa shape index (κ1) is 16.2. The van der Waals surface area contributed by atoms with E-state index in [0.29, 0.717) is 18.2 Å². The second-order valence-electron chi connectivity index (χ2n) is 6.37. The van der Waals surface area contributed by atoms with Crippen LogP contribution in [0.15, 0.2) is 0 Å². The Kier molecular flexibility index (Phi) is 5.84. The van der Waals surface area contributed by atoms with Gasteiger partial charge in [0.2, 0.25) is 10.0 Å². The van der Waals surface area contributed by atoms with Crippen LogP contribution in [0.2, 0.25) is 0 Å². The van der Waals surface area contributed by atoms with Gasteiger partial charge < -0.3 is 10.2 Å². The SMILES string of the molecule is CC1CN(C)CCCN1S(=O)(=O)CCC1CCNCC1. The van der Waals surface area contributed by atoms with Crippen LogP contribution in [0.3, 0.4) is 0 Å². The Balaban J connectivity index is 1.90. The zero-order valence-electron chi connectivity index (χ0n) is 12.8. The number of nitrogens with zero attached hydrogens (tertiary/aromatic N) is 2. The smallest absolute Gasteiger partial charge is 0.214 e. The molecule has 5 nitrogen and oxygen atoms in total. The van der Waals surface area contributed by atoms with Crippen molar-refractivity contribution in [3.05, 3.63) is 0 Å². The minimum Gasteiger partial charge on any atom is -0.317 e. The minimum atomic E-state index is -3.09. The Morgan fingerprint density at radius 1 is 1.20 bits per heavy atom. The maximum absolute atomic E-state index is 12.6. The van der Waals surface area contributed by atoms with Crippen LogP contribution < -0.4 is 5.32 Å².